The monoisotopic (exact) mass is 384 g/mol. The molecule has 2 aromatic carbocycles. The number of anilines is 2. The average Bonchev–Trinajstić information content (AvgIpc) is 2.68. The molecule has 0 unspecified atom stereocenters. The zero-order valence-electron chi connectivity index (χ0n) is 16.5. The van der Waals surface area contributed by atoms with Crippen LogP contribution in [-0.4, -0.2) is 22.8 Å². The molecule has 0 aliphatic carbocycles. The minimum Gasteiger partial charge on any atom is -0.325 e. The molecule has 0 saturated heterocycles. The lowest BCUT2D eigenvalue weighted by Crippen LogP contribution is -2.25. The molecular formula is C22H28N2O2S. The molecule has 144 valence electrons. The van der Waals surface area contributed by atoms with Crippen molar-refractivity contribution in [3.8, 4) is 0 Å². The van der Waals surface area contributed by atoms with Crippen LogP contribution in [0.5, 0.6) is 0 Å². The van der Waals surface area contributed by atoms with Crippen molar-refractivity contribution >= 4 is 35.0 Å². The molecule has 0 bridgehead atoms. The predicted octanol–water partition coefficient (Wildman–Crippen LogP) is 4.82. The van der Waals surface area contributed by atoms with Gasteiger partial charge in [-0.15, -0.1) is 11.8 Å². The summed E-state index contributed by atoms with van der Waals surface area (Å²) < 4.78 is 0. The number of carbonyl (C=O) groups excluding carboxylic acids is 2. The van der Waals surface area contributed by atoms with Crippen molar-refractivity contribution in [1.82, 2.24) is 0 Å². The van der Waals surface area contributed by atoms with Crippen LogP contribution >= 0.6 is 11.8 Å². The number of hydrogen-bond donors (Lipinski definition) is 2. The first kappa shape index (κ1) is 21.0. The Morgan fingerprint density at radius 3 is 2.33 bits per heavy atom. The van der Waals surface area contributed by atoms with Crippen LogP contribution in [0.3, 0.4) is 0 Å². The molecule has 2 amide bonds. The molecule has 2 rings (SSSR count). The number of benzene rings is 2. The second kappa shape index (κ2) is 10.2. The van der Waals surface area contributed by atoms with Gasteiger partial charge in [0.25, 0.3) is 0 Å². The van der Waals surface area contributed by atoms with Crippen LogP contribution < -0.4 is 10.6 Å². The molecule has 5 heteroatoms. The van der Waals surface area contributed by atoms with Gasteiger partial charge in [-0.1, -0.05) is 44.2 Å². The summed E-state index contributed by atoms with van der Waals surface area (Å²) in [7, 11) is 0. The highest BCUT2D eigenvalue weighted by molar-refractivity contribution is 8.01. The molecule has 0 aliphatic heterocycles. The van der Waals surface area contributed by atoms with Gasteiger partial charge in [-0.05, 0) is 55.5 Å². The summed E-state index contributed by atoms with van der Waals surface area (Å²) in [5, 5.41) is 5.58. The van der Waals surface area contributed by atoms with Crippen LogP contribution in [0.1, 0.15) is 37.5 Å². The Hall–Kier alpha value is -2.27. The molecule has 0 spiro atoms. The van der Waals surface area contributed by atoms with Crippen LogP contribution in [0, 0.1) is 6.92 Å². The molecule has 2 N–H and O–H groups in total. The van der Waals surface area contributed by atoms with E-state index in [1.807, 2.05) is 56.3 Å². The SMILES string of the molecule is CCc1ccc(NC(=O)CS[C@H](C)C(=O)Nc2c(C)cccc2CC)cc1. The van der Waals surface area contributed by atoms with Crippen molar-refractivity contribution in [2.45, 2.75) is 45.8 Å². The number of amides is 2. The third-order valence-electron chi connectivity index (χ3n) is 4.47. The first-order chi connectivity index (χ1) is 12.9. The van der Waals surface area contributed by atoms with Gasteiger partial charge in [0, 0.05) is 11.4 Å². The van der Waals surface area contributed by atoms with E-state index in [0.29, 0.717) is 0 Å². The molecular weight excluding hydrogens is 356 g/mol. The van der Waals surface area contributed by atoms with Gasteiger partial charge in [0.1, 0.15) is 0 Å². The van der Waals surface area contributed by atoms with Gasteiger partial charge in [0.15, 0.2) is 0 Å². The Labute approximate surface area is 166 Å². The van der Waals surface area contributed by atoms with Crippen LogP contribution in [0.4, 0.5) is 11.4 Å². The number of hydrogen-bond acceptors (Lipinski definition) is 3. The van der Waals surface area contributed by atoms with E-state index in [1.54, 1.807) is 0 Å². The Morgan fingerprint density at radius 2 is 1.70 bits per heavy atom. The second-order valence-electron chi connectivity index (χ2n) is 6.50. The molecule has 0 aliphatic rings. The van der Waals surface area contributed by atoms with E-state index in [9.17, 15) is 9.59 Å². The zero-order valence-corrected chi connectivity index (χ0v) is 17.3. The van der Waals surface area contributed by atoms with E-state index in [0.717, 1.165) is 35.3 Å². The lowest BCUT2D eigenvalue weighted by molar-refractivity contribution is -0.115. The summed E-state index contributed by atoms with van der Waals surface area (Å²) in [5.74, 6) is 0.0524. The minimum atomic E-state index is -0.317. The number of carbonyl (C=O) groups is 2. The van der Waals surface area contributed by atoms with Crippen LogP contribution in [0.15, 0.2) is 42.5 Å². The number of nitrogens with one attached hydrogen (secondary N) is 2. The number of rotatable bonds is 8. The van der Waals surface area contributed by atoms with Crippen LogP contribution in [0.2, 0.25) is 0 Å². The van der Waals surface area contributed by atoms with Gasteiger partial charge in [0.05, 0.1) is 11.0 Å². The molecule has 2 aromatic rings. The number of aryl methyl sites for hydroxylation is 3. The van der Waals surface area contributed by atoms with Gasteiger partial charge in [-0.3, -0.25) is 9.59 Å². The summed E-state index contributed by atoms with van der Waals surface area (Å²) in [6.07, 6.45) is 1.83. The Balaban J connectivity index is 1.86. The van der Waals surface area contributed by atoms with E-state index in [-0.39, 0.29) is 22.8 Å². The normalized spacial score (nSPS) is 11.7. The lowest BCUT2D eigenvalue weighted by atomic mass is 10.1. The fraction of sp³-hybridized carbons (Fsp3) is 0.364. The maximum Gasteiger partial charge on any atom is 0.237 e. The zero-order chi connectivity index (χ0) is 19.8. The van der Waals surface area contributed by atoms with Gasteiger partial charge < -0.3 is 10.6 Å². The maximum absolute atomic E-state index is 12.5. The van der Waals surface area contributed by atoms with Gasteiger partial charge in [0.2, 0.25) is 11.8 Å². The van der Waals surface area contributed by atoms with E-state index < -0.39 is 0 Å². The first-order valence-electron chi connectivity index (χ1n) is 9.34. The number of para-hydroxylation sites is 1. The highest BCUT2D eigenvalue weighted by Gasteiger charge is 2.17. The third kappa shape index (κ3) is 6.14. The highest BCUT2D eigenvalue weighted by Crippen LogP contribution is 2.23. The fourth-order valence-corrected chi connectivity index (χ4v) is 3.41. The molecule has 1 atom stereocenters. The van der Waals surface area contributed by atoms with Crippen LogP contribution in [-0.2, 0) is 22.4 Å². The summed E-state index contributed by atoms with van der Waals surface area (Å²) in [5.41, 5.74) is 5.07. The summed E-state index contributed by atoms with van der Waals surface area (Å²) in [6, 6.07) is 13.8. The summed E-state index contributed by atoms with van der Waals surface area (Å²) >= 11 is 1.33. The topological polar surface area (TPSA) is 58.2 Å². The van der Waals surface area contributed by atoms with Gasteiger partial charge in [-0.25, -0.2) is 0 Å². The van der Waals surface area contributed by atoms with E-state index >= 15 is 0 Å². The smallest absolute Gasteiger partial charge is 0.237 e. The molecule has 0 fully saturated rings. The van der Waals surface area contributed by atoms with Crippen molar-refractivity contribution in [2.75, 3.05) is 16.4 Å². The Bertz CT molecular complexity index is 787. The van der Waals surface area contributed by atoms with Crippen LogP contribution in [0.25, 0.3) is 0 Å². The molecule has 0 radical (unpaired) electrons. The van der Waals surface area contributed by atoms with E-state index in [1.165, 1.54) is 17.3 Å². The summed E-state index contributed by atoms with van der Waals surface area (Å²) in [6.45, 7) is 7.98. The molecule has 4 nitrogen and oxygen atoms in total. The first-order valence-corrected chi connectivity index (χ1v) is 10.4. The lowest BCUT2D eigenvalue weighted by Gasteiger charge is -2.16. The second-order valence-corrected chi connectivity index (χ2v) is 7.83. The third-order valence-corrected chi connectivity index (χ3v) is 5.61. The quantitative estimate of drug-likeness (QED) is 0.686. The predicted molar refractivity (Wildman–Crippen MR) is 116 cm³/mol. The van der Waals surface area contributed by atoms with Gasteiger partial charge >= 0.3 is 0 Å². The maximum atomic E-state index is 12.5. The van der Waals surface area contributed by atoms with E-state index in [4.69, 9.17) is 0 Å². The molecule has 0 heterocycles. The van der Waals surface area contributed by atoms with Crippen molar-refractivity contribution in [3.05, 3.63) is 59.2 Å². The Morgan fingerprint density at radius 1 is 1.00 bits per heavy atom. The largest absolute Gasteiger partial charge is 0.325 e. The average molecular weight is 385 g/mol. The molecule has 0 aromatic heterocycles. The summed E-state index contributed by atoms with van der Waals surface area (Å²) in [4.78, 5) is 24.7. The molecule has 27 heavy (non-hydrogen) atoms. The van der Waals surface area contributed by atoms with Crippen molar-refractivity contribution in [2.24, 2.45) is 0 Å². The standard InChI is InChI=1S/C22H28N2O2S/c1-5-17-10-12-19(13-11-17)23-20(25)14-27-16(4)22(26)24-21-15(3)8-7-9-18(21)6-2/h7-13,16H,5-6,14H2,1-4H3,(H,23,25)(H,24,26)/t16-/m1/s1. The van der Waals surface area contributed by atoms with Gasteiger partial charge in [-0.2, -0.15) is 0 Å². The van der Waals surface area contributed by atoms with Crippen molar-refractivity contribution in [3.63, 3.8) is 0 Å². The Kier molecular flexibility index (Phi) is 7.92. The highest BCUT2D eigenvalue weighted by atomic mass is 32.2. The minimum absolute atomic E-state index is 0.0795. The molecule has 0 saturated carbocycles. The van der Waals surface area contributed by atoms with E-state index in [2.05, 4.69) is 24.5 Å². The fourth-order valence-electron chi connectivity index (χ4n) is 2.72. The number of thioether (sulfide) groups is 1. The van der Waals surface area contributed by atoms with Crippen molar-refractivity contribution < 1.29 is 9.59 Å². The van der Waals surface area contributed by atoms with Crippen molar-refractivity contribution in [1.29, 1.82) is 0 Å².